The molecule has 0 aliphatic carbocycles. The Hall–Kier alpha value is -1.62. The smallest absolute Gasteiger partial charge is 0.320 e. The highest BCUT2D eigenvalue weighted by Crippen LogP contribution is 2.09. The zero-order valence-electron chi connectivity index (χ0n) is 10.1. The molecular weight excluding hydrogens is 220 g/mol. The lowest BCUT2D eigenvalue weighted by Crippen LogP contribution is -2.35. The van der Waals surface area contributed by atoms with Gasteiger partial charge in [0, 0.05) is 18.8 Å². The highest BCUT2D eigenvalue weighted by atomic mass is 16.5. The SMILES string of the molecule is CCCC(NCc1ccnc(OC)c1)C(=O)O. The molecule has 1 rings (SSSR count). The molecule has 17 heavy (non-hydrogen) atoms. The van der Waals surface area contributed by atoms with Crippen LogP contribution in [0.15, 0.2) is 18.3 Å². The van der Waals surface area contributed by atoms with Crippen LogP contribution in [0.5, 0.6) is 5.88 Å². The number of carboxylic acids is 1. The van der Waals surface area contributed by atoms with E-state index in [2.05, 4.69) is 10.3 Å². The molecule has 0 spiro atoms. The van der Waals surface area contributed by atoms with E-state index >= 15 is 0 Å². The monoisotopic (exact) mass is 238 g/mol. The van der Waals surface area contributed by atoms with Crippen molar-refractivity contribution in [2.45, 2.75) is 32.4 Å². The van der Waals surface area contributed by atoms with Gasteiger partial charge in [0.15, 0.2) is 0 Å². The van der Waals surface area contributed by atoms with Gasteiger partial charge in [-0.05, 0) is 18.1 Å². The van der Waals surface area contributed by atoms with Gasteiger partial charge in [-0.1, -0.05) is 13.3 Å². The summed E-state index contributed by atoms with van der Waals surface area (Å²) in [5, 5.41) is 12.0. The molecule has 0 aliphatic heterocycles. The zero-order chi connectivity index (χ0) is 12.7. The van der Waals surface area contributed by atoms with Crippen molar-refractivity contribution < 1.29 is 14.6 Å². The van der Waals surface area contributed by atoms with Crippen LogP contribution in [0.25, 0.3) is 0 Å². The van der Waals surface area contributed by atoms with Crippen LogP contribution in [-0.2, 0) is 11.3 Å². The third kappa shape index (κ3) is 4.40. The predicted octanol–water partition coefficient (Wildman–Crippen LogP) is 1.43. The quantitative estimate of drug-likeness (QED) is 0.752. The van der Waals surface area contributed by atoms with Gasteiger partial charge >= 0.3 is 5.97 Å². The lowest BCUT2D eigenvalue weighted by Gasteiger charge is -2.13. The fourth-order valence-electron chi connectivity index (χ4n) is 1.51. The lowest BCUT2D eigenvalue weighted by molar-refractivity contribution is -0.139. The fraction of sp³-hybridized carbons (Fsp3) is 0.500. The molecule has 0 radical (unpaired) electrons. The molecule has 5 heteroatoms. The first kappa shape index (κ1) is 13.4. The van der Waals surface area contributed by atoms with Crippen LogP contribution in [0, 0.1) is 0 Å². The Balaban J connectivity index is 2.55. The van der Waals surface area contributed by atoms with Gasteiger partial charge in [0.1, 0.15) is 6.04 Å². The maximum atomic E-state index is 10.9. The molecule has 94 valence electrons. The summed E-state index contributed by atoms with van der Waals surface area (Å²) in [6.07, 6.45) is 3.10. The Kier molecular flexibility index (Phi) is 5.42. The molecule has 0 aromatic carbocycles. The summed E-state index contributed by atoms with van der Waals surface area (Å²) in [6, 6.07) is 3.12. The minimum absolute atomic E-state index is 0.496. The first-order valence-corrected chi connectivity index (χ1v) is 5.62. The van der Waals surface area contributed by atoms with E-state index in [0.717, 1.165) is 12.0 Å². The third-order valence-corrected chi connectivity index (χ3v) is 2.44. The zero-order valence-corrected chi connectivity index (χ0v) is 10.1. The molecule has 1 atom stereocenters. The number of hydrogen-bond donors (Lipinski definition) is 2. The number of methoxy groups -OCH3 is 1. The summed E-state index contributed by atoms with van der Waals surface area (Å²) >= 11 is 0. The molecule has 0 saturated heterocycles. The van der Waals surface area contributed by atoms with Gasteiger partial charge in [0.25, 0.3) is 0 Å². The number of aromatic nitrogens is 1. The van der Waals surface area contributed by atoms with Crippen molar-refractivity contribution in [3.63, 3.8) is 0 Å². The third-order valence-electron chi connectivity index (χ3n) is 2.44. The highest BCUT2D eigenvalue weighted by molar-refractivity contribution is 5.73. The topological polar surface area (TPSA) is 71.5 Å². The van der Waals surface area contributed by atoms with E-state index in [9.17, 15) is 4.79 Å². The molecule has 1 aromatic rings. The van der Waals surface area contributed by atoms with Crippen molar-refractivity contribution in [2.24, 2.45) is 0 Å². The Bertz CT molecular complexity index is 369. The highest BCUT2D eigenvalue weighted by Gasteiger charge is 2.15. The van der Waals surface area contributed by atoms with Gasteiger partial charge < -0.3 is 15.2 Å². The summed E-state index contributed by atoms with van der Waals surface area (Å²) in [5.41, 5.74) is 0.958. The van der Waals surface area contributed by atoms with E-state index < -0.39 is 12.0 Å². The van der Waals surface area contributed by atoms with Gasteiger partial charge in [-0.3, -0.25) is 4.79 Å². The van der Waals surface area contributed by atoms with E-state index in [-0.39, 0.29) is 0 Å². The molecule has 1 aromatic heterocycles. The number of nitrogens with one attached hydrogen (secondary N) is 1. The first-order chi connectivity index (χ1) is 8.17. The summed E-state index contributed by atoms with van der Waals surface area (Å²) < 4.78 is 5.00. The summed E-state index contributed by atoms with van der Waals surface area (Å²) in [6.45, 7) is 2.46. The summed E-state index contributed by atoms with van der Waals surface area (Å²) in [4.78, 5) is 14.9. The molecule has 0 aliphatic rings. The number of rotatable bonds is 7. The van der Waals surface area contributed by atoms with Crippen LogP contribution in [0.3, 0.4) is 0 Å². The maximum absolute atomic E-state index is 10.9. The molecule has 1 unspecified atom stereocenters. The van der Waals surface area contributed by atoms with Gasteiger partial charge in [0.05, 0.1) is 7.11 Å². The predicted molar refractivity (Wildman–Crippen MR) is 64.0 cm³/mol. The number of ether oxygens (including phenoxy) is 1. The van der Waals surface area contributed by atoms with E-state index in [1.807, 2.05) is 13.0 Å². The van der Waals surface area contributed by atoms with Crippen LogP contribution in [-0.4, -0.2) is 29.2 Å². The number of carbonyl (C=O) groups is 1. The standard InChI is InChI=1S/C12H18N2O3/c1-3-4-10(12(15)16)14-8-9-5-6-13-11(7-9)17-2/h5-7,10,14H,3-4,8H2,1-2H3,(H,15,16). The van der Waals surface area contributed by atoms with Crippen molar-refractivity contribution in [3.8, 4) is 5.88 Å². The summed E-state index contributed by atoms with van der Waals surface area (Å²) in [7, 11) is 1.55. The maximum Gasteiger partial charge on any atom is 0.320 e. The van der Waals surface area contributed by atoms with E-state index in [1.165, 1.54) is 0 Å². The van der Waals surface area contributed by atoms with Gasteiger partial charge in [-0.25, -0.2) is 4.98 Å². The molecule has 0 saturated carbocycles. The second-order valence-electron chi connectivity index (χ2n) is 3.77. The summed E-state index contributed by atoms with van der Waals surface area (Å²) in [5.74, 6) is -0.278. The number of hydrogen-bond acceptors (Lipinski definition) is 4. The molecule has 0 fully saturated rings. The van der Waals surface area contributed by atoms with Crippen LogP contribution in [0.1, 0.15) is 25.3 Å². The molecule has 5 nitrogen and oxygen atoms in total. The largest absolute Gasteiger partial charge is 0.481 e. The van der Waals surface area contributed by atoms with Crippen molar-refractivity contribution in [3.05, 3.63) is 23.9 Å². The van der Waals surface area contributed by atoms with Crippen molar-refractivity contribution >= 4 is 5.97 Å². The van der Waals surface area contributed by atoms with Crippen LogP contribution in [0.4, 0.5) is 0 Å². The number of carboxylic acid groups (broad SMARTS) is 1. The average molecular weight is 238 g/mol. The Morgan fingerprint density at radius 2 is 2.41 bits per heavy atom. The van der Waals surface area contributed by atoms with Gasteiger partial charge in [-0.15, -0.1) is 0 Å². The lowest BCUT2D eigenvalue weighted by atomic mass is 10.1. The molecule has 0 amide bonds. The minimum Gasteiger partial charge on any atom is -0.481 e. The number of nitrogens with zero attached hydrogens (tertiary/aromatic N) is 1. The molecular formula is C12H18N2O3. The molecule has 2 N–H and O–H groups in total. The average Bonchev–Trinajstić information content (AvgIpc) is 2.34. The normalized spacial score (nSPS) is 12.1. The first-order valence-electron chi connectivity index (χ1n) is 5.62. The van der Waals surface area contributed by atoms with Crippen LogP contribution < -0.4 is 10.1 Å². The van der Waals surface area contributed by atoms with Gasteiger partial charge in [-0.2, -0.15) is 0 Å². The van der Waals surface area contributed by atoms with Crippen LogP contribution >= 0.6 is 0 Å². The number of pyridine rings is 1. The van der Waals surface area contributed by atoms with Crippen LogP contribution in [0.2, 0.25) is 0 Å². The second kappa shape index (κ2) is 6.85. The van der Waals surface area contributed by atoms with E-state index in [4.69, 9.17) is 9.84 Å². The van der Waals surface area contributed by atoms with Crippen molar-refractivity contribution in [2.75, 3.05) is 7.11 Å². The second-order valence-corrected chi connectivity index (χ2v) is 3.77. The number of aliphatic carboxylic acids is 1. The van der Waals surface area contributed by atoms with Crippen molar-refractivity contribution in [1.29, 1.82) is 0 Å². The Morgan fingerprint density at radius 3 is 3.00 bits per heavy atom. The Labute approximate surface area is 101 Å². The van der Waals surface area contributed by atoms with E-state index in [0.29, 0.717) is 18.8 Å². The van der Waals surface area contributed by atoms with E-state index in [1.54, 1.807) is 19.4 Å². The fourth-order valence-corrected chi connectivity index (χ4v) is 1.51. The van der Waals surface area contributed by atoms with Crippen molar-refractivity contribution in [1.82, 2.24) is 10.3 Å². The molecule has 1 heterocycles. The van der Waals surface area contributed by atoms with Gasteiger partial charge in [0.2, 0.25) is 5.88 Å². The Morgan fingerprint density at radius 1 is 1.65 bits per heavy atom. The molecule has 0 bridgehead atoms. The minimum atomic E-state index is -0.812.